The number of hydrogen-bond acceptors (Lipinski definition) is 2. The molecule has 1 aromatic rings. The molecule has 0 radical (unpaired) electrons. The molecule has 20 heavy (non-hydrogen) atoms. The summed E-state index contributed by atoms with van der Waals surface area (Å²) in [5.74, 6) is 0.136. The molecule has 0 spiro atoms. The number of rotatable bonds is 3. The number of hydrogen-bond donors (Lipinski definition) is 1. The first-order chi connectivity index (χ1) is 9.43. The van der Waals surface area contributed by atoms with E-state index in [1.807, 2.05) is 43.3 Å². The summed E-state index contributed by atoms with van der Waals surface area (Å²) in [5.41, 5.74) is 2.24. The SMILES string of the molecule is CNc1ccc(C(=O)N(C)C2CCC(C)(C)CC2)cc1. The molecule has 1 saturated carbocycles. The molecular weight excluding hydrogens is 248 g/mol. The van der Waals surface area contributed by atoms with Gasteiger partial charge in [-0.05, 0) is 55.4 Å². The van der Waals surface area contributed by atoms with Crippen LogP contribution in [0.15, 0.2) is 24.3 Å². The third-order valence-electron chi connectivity index (χ3n) is 4.60. The van der Waals surface area contributed by atoms with E-state index in [1.165, 1.54) is 12.8 Å². The fraction of sp³-hybridized carbons (Fsp3) is 0.588. The summed E-state index contributed by atoms with van der Waals surface area (Å²) in [6.45, 7) is 4.64. The molecule has 3 heteroatoms. The number of carbonyl (C=O) groups excluding carboxylic acids is 1. The lowest BCUT2D eigenvalue weighted by molar-refractivity contribution is 0.0635. The lowest BCUT2D eigenvalue weighted by atomic mass is 9.75. The predicted molar refractivity (Wildman–Crippen MR) is 84.1 cm³/mol. The van der Waals surface area contributed by atoms with Crippen molar-refractivity contribution in [2.75, 3.05) is 19.4 Å². The molecule has 0 saturated heterocycles. The van der Waals surface area contributed by atoms with Crippen LogP contribution in [-0.4, -0.2) is 30.9 Å². The number of amides is 1. The molecule has 2 rings (SSSR count). The molecule has 1 aliphatic carbocycles. The summed E-state index contributed by atoms with van der Waals surface area (Å²) in [6.07, 6.45) is 4.63. The summed E-state index contributed by atoms with van der Waals surface area (Å²) < 4.78 is 0. The van der Waals surface area contributed by atoms with E-state index in [1.54, 1.807) is 0 Å². The van der Waals surface area contributed by atoms with E-state index < -0.39 is 0 Å². The molecule has 1 aromatic carbocycles. The normalized spacial score (nSPS) is 18.6. The Morgan fingerprint density at radius 1 is 1.20 bits per heavy atom. The quantitative estimate of drug-likeness (QED) is 0.910. The first-order valence-electron chi connectivity index (χ1n) is 7.48. The van der Waals surface area contributed by atoms with Crippen molar-refractivity contribution in [2.45, 2.75) is 45.6 Å². The second kappa shape index (κ2) is 5.86. The summed E-state index contributed by atoms with van der Waals surface area (Å²) in [4.78, 5) is 14.4. The van der Waals surface area contributed by atoms with Crippen LogP contribution in [-0.2, 0) is 0 Å². The van der Waals surface area contributed by atoms with Crippen LogP contribution in [0.1, 0.15) is 49.9 Å². The molecule has 0 atom stereocenters. The lowest BCUT2D eigenvalue weighted by Crippen LogP contribution is -2.40. The highest BCUT2D eigenvalue weighted by molar-refractivity contribution is 5.94. The van der Waals surface area contributed by atoms with Gasteiger partial charge in [-0.15, -0.1) is 0 Å². The van der Waals surface area contributed by atoms with Gasteiger partial charge in [0.15, 0.2) is 0 Å². The van der Waals surface area contributed by atoms with E-state index in [0.717, 1.165) is 24.1 Å². The number of benzene rings is 1. The van der Waals surface area contributed by atoms with Gasteiger partial charge in [-0.1, -0.05) is 13.8 Å². The standard InChI is InChI=1S/C17H26N2O/c1-17(2)11-9-15(10-12-17)19(4)16(20)13-5-7-14(18-3)8-6-13/h5-8,15,18H,9-12H2,1-4H3. The van der Waals surface area contributed by atoms with Gasteiger partial charge in [0.05, 0.1) is 0 Å². The monoisotopic (exact) mass is 274 g/mol. The summed E-state index contributed by atoms with van der Waals surface area (Å²) in [6, 6.07) is 8.09. The van der Waals surface area contributed by atoms with Crippen molar-refractivity contribution in [1.82, 2.24) is 4.90 Å². The summed E-state index contributed by atoms with van der Waals surface area (Å²) >= 11 is 0. The van der Waals surface area contributed by atoms with Crippen molar-refractivity contribution in [3.63, 3.8) is 0 Å². The maximum atomic E-state index is 12.5. The van der Waals surface area contributed by atoms with E-state index >= 15 is 0 Å². The van der Waals surface area contributed by atoms with Crippen LogP contribution in [0.2, 0.25) is 0 Å². The highest BCUT2D eigenvalue weighted by atomic mass is 16.2. The first kappa shape index (κ1) is 14.9. The van der Waals surface area contributed by atoms with Gasteiger partial charge in [0.2, 0.25) is 0 Å². The van der Waals surface area contributed by atoms with Crippen molar-refractivity contribution in [2.24, 2.45) is 5.41 Å². The molecule has 0 aliphatic heterocycles. The van der Waals surface area contributed by atoms with Gasteiger partial charge in [0.25, 0.3) is 5.91 Å². The van der Waals surface area contributed by atoms with Gasteiger partial charge < -0.3 is 10.2 Å². The molecule has 3 nitrogen and oxygen atoms in total. The Labute approximate surface area is 122 Å². The zero-order valence-corrected chi connectivity index (χ0v) is 13.1. The zero-order valence-electron chi connectivity index (χ0n) is 13.1. The molecule has 0 aromatic heterocycles. The Balaban J connectivity index is 2.01. The van der Waals surface area contributed by atoms with Gasteiger partial charge >= 0.3 is 0 Å². The fourth-order valence-corrected chi connectivity index (χ4v) is 2.92. The molecule has 0 heterocycles. The van der Waals surface area contributed by atoms with E-state index in [9.17, 15) is 4.79 Å². The smallest absolute Gasteiger partial charge is 0.253 e. The van der Waals surface area contributed by atoms with Crippen LogP contribution in [0.3, 0.4) is 0 Å². The Morgan fingerprint density at radius 3 is 2.25 bits per heavy atom. The summed E-state index contributed by atoms with van der Waals surface area (Å²) in [7, 11) is 3.82. The van der Waals surface area contributed by atoms with Crippen molar-refractivity contribution >= 4 is 11.6 Å². The molecule has 1 fully saturated rings. The van der Waals surface area contributed by atoms with Crippen LogP contribution >= 0.6 is 0 Å². The van der Waals surface area contributed by atoms with Crippen LogP contribution in [0.4, 0.5) is 5.69 Å². The van der Waals surface area contributed by atoms with E-state index in [-0.39, 0.29) is 5.91 Å². The molecule has 0 bridgehead atoms. The number of nitrogens with one attached hydrogen (secondary N) is 1. The van der Waals surface area contributed by atoms with Crippen molar-refractivity contribution in [3.05, 3.63) is 29.8 Å². The lowest BCUT2D eigenvalue weighted by Gasteiger charge is -2.38. The maximum Gasteiger partial charge on any atom is 0.253 e. The average Bonchev–Trinajstić information content (AvgIpc) is 2.46. The van der Waals surface area contributed by atoms with Gasteiger partial charge in [-0.2, -0.15) is 0 Å². The molecular formula is C17H26N2O. The Kier molecular flexibility index (Phi) is 4.36. The average molecular weight is 274 g/mol. The third-order valence-corrected chi connectivity index (χ3v) is 4.60. The van der Waals surface area contributed by atoms with Gasteiger partial charge in [0, 0.05) is 31.4 Å². The van der Waals surface area contributed by atoms with Gasteiger partial charge in [-0.25, -0.2) is 0 Å². The molecule has 110 valence electrons. The largest absolute Gasteiger partial charge is 0.388 e. The van der Waals surface area contributed by atoms with Gasteiger partial charge in [0.1, 0.15) is 0 Å². The van der Waals surface area contributed by atoms with E-state index in [0.29, 0.717) is 11.5 Å². The fourth-order valence-electron chi connectivity index (χ4n) is 2.92. The number of carbonyl (C=O) groups is 1. The highest BCUT2D eigenvalue weighted by Gasteiger charge is 2.30. The minimum Gasteiger partial charge on any atom is -0.388 e. The second-order valence-corrected chi connectivity index (χ2v) is 6.64. The van der Waals surface area contributed by atoms with Crippen molar-refractivity contribution in [3.8, 4) is 0 Å². The molecule has 1 amide bonds. The van der Waals surface area contributed by atoms with Gasteiger partial charge in [-0.3, -0.25) is 4.79 Å². The highest BCUT2D eigenvalue weighted by Crippen LogP contribution is 2.36. The van der Waals surface area contributed by atoms with Crippen LogP contribution in [0.25, 0.3) is 0 Å². The Morgan fingerprint density at radius 2 is 1.75 bits per heavy atom. The number of anilines is 1. The third kappa shape index (κ3) is 3.33. The van der Waals surface area contributed by atoms with Crippen LogP contribution in [0, 0.1) is 5.41 Å². The molecule has 1 aliphatic rings. The molecule has 1 N–H and O–H groups in total. The number of nitrogens with zero attached hydrogens (tertiary/aromatic N) is 1. The van der Waals surface area contributed by atoms with Crippen LogP contribution < -0.4 is 5.32 Å². The van der Waals surface area contributed by atoms with Crippen LogP contribution in [0.5, 0.6) is 0 Å². The minimum atomic E-state index is 0.136. The summed E-state index contributed by atoms with van der Waals surface area (Å²) in [5, 5.41) is 3.07. The van der Waals surface area contributed by atoms with E-state index in [4.69, 9.17) is 0 Å². The topological polar surface area (TPSA) is 32.3 Å². The Bertz CT molecular complexity index is 454. The second-order valence-electron chi connectivity index (χ2n) is 6.64. The Hall–Kier alpha value is -1.51. The zero-order chi connectivity index (χ0) is 14.8. The molecule has 0 unspecified atom stereocenters. The first-order valence-corrected chi connectivity index (χ1v) is 7.48. The van der Waals surface area contributed by atoms with Crippen molar-refractivity contribution in [1.29, 1.82) is 0 Å². The minimum absolute atomic E-state index is 0.136. The van der Waals surface area contributed by atoms with Crippen molar-refractivity contribution < 1.29 is 4.79 Å². The maximum absolute atomic E-state index is 12.5. The predicted octanol–water partition coefficient (Wildman–Crippen LogP) is 3.77. The van der Waals surface area contributed by atoms with E-state index in [2.05, 4.69) is 19.2 Å².